The predicted octanol–water partition coefficient (Wildman–Crippen LogP) is 7.53. The molecule has 0 N–H and O–H groups in total. The van der Waals surface area contributed by atoms with E-state index in [1.807, 2.05) is 6.92 Å². The summed E-state index contributed by atoms with van der Waals surface area (Å²) in [6, 6.07) is 17.7. The lowest BCUT2D eigenvalue weighted by Gasteiger charge is -2.26. The first-order chi connectivity index (χ1) is 13.4. The molecule has 0 saturated carbocycles. The highest BCUT2D eigenvalue weighted by atomic mass is 16.3. The van der Waals surface area contributed by atoms with Crippen LogP contribution in [0.2, 0.25) is 0 Å². The van der Waals surface area contributed by atoms with Gasteiger partial charge in [0.25, 0.3) is 0 Å². The summed E-state index contributed by atoms with van der Waals surface area (Å²) in [5.74, 6) is 2.36. The van der Waals surface area contributed by atoms with Crippen molar-refractivity contribution in [2.24, 2.45) is 0 Å². The Hall–Kier alpha value is -2.54. The fourth-order valence-corrected chi connectivity index (χ4v) is 5.54. The van der Waals surface area contributed by atoms with Crippen molar-refractivity contribution in [2.75, 3.05) is 0 Å². The van der Waals surface area contributed by atoms with Gasteiger partial charge in [-0.05, 0) is 83.2 Å². The first-order valence-corrected chi connectivity index (χ1v) is 10.4. The molecule has 1 unspecified atom stereocenters. The van der Waals surface area contributed by atoms with Crippen molar-refractivity contribution in [3.05, 3.63) is 82.3 Å². The number of allylic oxidation sites excluding steroid dienone is 2. The summed E-state index contributed by atoms with van der Waals surface area (Å²) < 4.78 is 6.07. The summed E-state index contributed by atoms with van der Waals surface area (Å²) in [5, 5.41) is 0. The van der Waals surface area contributed by atoms with Gasteiger partial charge in [-0.1, -0.05) is 57.2 Å². The quantitative estimate of drug-likeness (QED) is 0.456. The predicted molar refractivity (Wildman–Crippen MR) is 118 cm³/mol. The molecule has 3 aromatic rings. The van der Waals surface area contributed by atoms with Crippen molar-refractivity contribution in [2.45, 2.75) is 58.8 Å². The number of rotatable bonds is 2. The number of aryl methyl sites for hydroxylation is 2. The minimum atomic E-state index is 0.211. The number of furan rings is 1. The Balaban J connectivity index is 1.85. The maximum absolute atomic E-state index is 6.07. The molecule has 1 atom stereocenters. The third-order valence-corrected chi connectivity index (χ3v) is 6.88. The smallest absolute Gasteiger partial charge is 0.131 e. The van der Waals surface area contributed by atoms with Crippen molar-refractivity contribution in [3.8, 4) is 11.1 Å². The summed E-state index contributed by atoms with van der Waals surface area (Å²) in [6.07, 6.45) is 2.41. The molecule has 2 aliphatic carbocycles. The molecule has 0 saturated heterocycles. The standard InChI is InChI=1S/C27H28O/c1-16-11-12-22(28-16)23-17(2)21-15-20-13-14-27(4,5)26(20)25(24(21)18(23)3)19-9-7-6-8-10-19/h6-12,15,17H,13-14H2,1-5H3. The Morgan fingerprint density at radius 3 is 2.39 bits per heavy atom. The zero-order valence-electron chi connectivity index (χ0n) is 17.5. The van der Waals surface area contributed by atoms with E-state index in [4.69, 9.17) is 4.42 Å². The van der Waals surface area contributed by atoms with Gasteiger partial charge in [0.2, 0.25) is 0 Å². The van der Waals surface area contributed by atoms with Crippen molar-refractivity contribution in [1.82, 2.24) is 0 Å². The highest BCUT2D eigenvalue weighted by Gasteiger charge is 2.39. The molecule has 1 heteroatoms. The van der Waals surface area contributed by atoms with E-state index in [9.17, 15) is 0 Å². The maximum atomic E-state index is 6.07. The molecule has 0 amide bonds. The Morgan fingerprint density at radius 2 is 1.71 bits per heavy atom. The third kappa shape index (κ3) is 2.38. The number of hydrogen-bond donors (Lipinski definition) is 0. The highest BCUT2D eigenvalue weighted by Crippen LogP contribution is 2.55. The Morgan fingerprint density at radius 1 is 0.964 bits per heavy atom. The molecule has 0 radical (unpaired) electrons. The minimum absolute atomic E-state index is 0.211. The minimum Gasteiger partial charge on any atom is -0.462 e. The van der Waals surface area contributed by atoms with E-state index in [1.54, 1.807) is 11.1 Å². The SMILES string of the molecule is CC1=C(c2ccc(C)o2)C(C)c2cc3c(c(-c4ccccc4)c21)C(C)(C)CC3. The Kier molecular flexibility index (Phi) is 3.75. The first kappa shape index (κ1) is 17.6. The van der Waals surface area contributed by atoms with Gasteiger partial charge in [0, 0.05) is 11.5 Å². The molecule has 0 bridgehead atoms. The molecule has 0 spiro atoms. The van der Waals surface area contributed by atoms with Crippen LogP contribution in [0.5, 0.6) is 0 Å². The maximum Gasteiger partial charge on any atom is 0.131 e. The lowest BCUT2D eigenvalue weighted by atomic mass is 9.78. The van der Waals surface area contributed by atoms with Crippen LogP contribution in [0.15, 0.2) is 52.9 Å². The van der Waals surface area contributed by atoms with Gasteiger partial charge >= 0.3 is 0 Å². The Labute approximate surface area is 168 Å². The summed E-state index contributed by atoms with van der Waals surface area (Å²) in [4.78, 5) is 0. The monoisotopic (exact) mass is 368 g/mol. The van der Waals surface area contributed by atoms with Crippen molar-refractivity contribution in [1.29, 1.82) is 0 Å². The van der Waals surface area contributed by atoms with Gasteiger partial charge in [0.05, 0.1) is 0 Å². The van der Waals surface area contributed by atoms with Crippen LogP contribution in [0, 0.1) is 6.92 Å². The molecular formula is C27H28O. The van der Waals surface area contributed by atoms with Gasteiger partial charge in [-0.25, -0.2) is 0 Å². The highest BCUT2D eigenvalue weighted by molar-refractivity contribution is 6.03. The van der Waals surface area contributed by atoms with E-state index in [0.717, 1.165) is 11.5 Å². The zero-order valence-corrected chi connectivity index (χ0v) is 17.5. The molecule has 1 heterocycles. The Bertz CT molecular complexity index is 1110. The van der Waals surface area contributed by atoms with Gasteiger partial charge in [0.15, 0.2) is 0 Å². The summed E-state index contributed by atoms with van der Waals surface area (Å²) in [5.41, 5.74) is 11.7. The number of benzene rings is 2. The molecular weight excluding hydrogens is 340 g/mol. The van der Waals surface area contributed by atoms with Crippen LogP contribution in [0.3, 0.4) is 0 Å². The summed E-state index contributed by atoms with van der Waals surface area (Å²) in [7, 11) is 0. The van der Waals surface area contributed by atoms with Gasteiger partial charge in [0.1, 0.15) is 11.5 Å². The van der Waals surface area contributed by atoms with Crippen molar-refractivity contribution >= 4 is 11.1 Å². The second kappa shape index (κ2) is 5.98. The lowest BCUT2D eigenvalue weighted by molar-refractivity contribution is 0.518. The normalized spacial score (nSPS) is 19.8. The molecule has 1 nitrogen and oxygen atoms in total. The molecule has 28 heavy (non-hydrogen) atoms. The zero-order chi connectivity index (χ0) is 19.6. The molecule has 142 valence electrons. The van der Waals surface area contributed by atoms with E-state index in [-0.39, 0.29) is 5.41 Å². The lowest BCUT2D eigenvalue weighted by Crippen LogP contribution is -2.14. The van der Waals surface area contributed by atoms with Crippen LogP contribution in [0.4, 0.5) is 0 Å². The fourth-order valence-electron chi connectivity index (χ4n) is 5.54. The molecule has 0 aliphatic heterocycles. The summed E-state index contributed by atoms with van der Waals surface area (Å²) in [6.45, 7) is 11.5. The van der Waals surface area contributed by atoms with E-state index in [2.05, 4.69) is 76.2 Å². The first-order valence-electron chi connectivity index (χ1n) is 10.4. The number of hydrogen-bond acceptors (Lipinski definition) is 1. The van der Waals surface area contributed by atoms with Crippen LogP contribution in [0.25, 0.3) is 22.3 Å². The molecule has 2 aliphatic rings. The topological polar surface area (TPSA) is 13.1 Å². The van der Waals surface area contributed by atoms with Crippen molar-refractivity contribution in [3.63, 3.8) is 0 Å². The fraction of sp³-hybridized carbons (Fsp3) is 0.333. The molecule has 5 rings (SSSR count). The van der Waals surface area contributed by atoms with Gasteiger partial charge < -0.3 is 4.42 Å². The van der Waals surface area contributed by atoms with Crippen LogP contribution >= 0.6 is 0 Å². The van der Waals surface area contributed by atoms with Crippen LogP contribution in [-0.4, -0.2) is 0 Å². The van der Waals surface area contributed by atoms with Crippen LogP contribution in [-0.2, 0) is 11.8 Å². The average molecular weight is 369 g/mol. The van der Waals surface area contributed by atoms with E-state index >= 15 is 0 Å². The largest absolute Gasteiger partial charge is 0.462 e. The second-order valence-electron chi connectivity index (χ2n) is 9.17. The average Bonchev–Trinajstić information content (AvgIpc) is 3.30. The number of fused-ring (bicyclic) bond motifs is 2. The van der Waals surface area contributed by atoms with Gasteiger partial charge in [-0.2, -0.15) is 0 Å². The van der Waals surface area contributed by atoms with E-state index in [0.29, 0.717) is 5.92 Å². The van der Waals surface area contributed by atoms with Crippen LogP contribution in [0.1, 0.15) is 73.8 Å². The van der Waals surface area contributed by atoms with Gasteiger partial charge in [-0.15, -0.1) is 0 Å². The van der Waals surface area contributed by atoms with Crippen molar-refractivity contribution < 1.29 is 4.42 Å². The third-order valence-electron chi connectivity index (χ3n) is 6.88. The molecule has 2 aromatic carbocycles. The van der Waals surface area contributed by atoms with E-state index in [1.165, 1.54) is 46.2 Å². The molecule has 1 aromatic heterocycles. The summed E-state index contributed by atoms with van der Waals surface area (Å²) >= 11 is 0. The van der Waals surface area contributed by atoms with E-state index < -0.39 is 0 Å². The molecule has 0 fully saturated rings. The van der Waals surface area contributed by atoms with Gasteiger partial charge in [-0.3, -0.25) is 0 Å². The second-order valence-corrected chi connectivity index (χ2v) is 9.17. The van der Waals surface area contributed by atoms with Crippen LogP contribution < -0.4 is 0 Å².